The highest BCUT2D eigenvalue weighted by Gasteiger charge is 2.48. The van der Waals surface area contributed by atoms with Gasteiger partial charge in [-0.3, -0.25) is 28.7 Å². The summed E-state index contributed by atoms with van der Waals surface area (Å²) >= 11 is 0. The predicted molar refractivity (Wildman–Crippen MR) is 185 cm³/mol. The Hall–Kier alpha value is -4.02. The molecule has 2 fully saturated rings. The number of nitrogens with zero attached hydrogens (tertiary/aromatic N) is 1. The summed E-state index contributed by atoms with van der Waals surface area (Å²) in [6.45, 7) is 2.07. The van der Waals surface area contributed by atoms with Gasteiger partial charge in [-0.2, -0.15) is 0 Å². The number of H-pyrrole nitrogens is 1. The van der Waals surface area contributed by atoms with E-state index in [4.69, 9.17) is 17.0 Å². The Bertz CT molecular complexity index is 1530. The number of nitrogens with one attached hydrogen (secondary N) is 2. The molecule has 4 rings (SSSR count). The number of aromatic nitrogens is 2. The Kier molecular flexibility index (Phi) is 15.3. The molecule has 1 aromatic heterocycles. The molecule has 3 N–H and O–H groups in total. The van der Waals surface area contributed by atoms with E-state index in [1.165, 1.54) is 45.5 Å². The quantitative estimate of drug-likeness (QED) is 0.0786. The molecule has 1 saturated heterocycles. The summed E-state index contributed by atoms with van der Waals surface area (Å²) in [4.78, 5) is 75.1. The zero-order valence-electron chi connectivity index (χ0n) is 31.2. The second kappa shape index (κ2) is 20.6. The SMILES string of the molecule is [2H]OC[C@H]1O[C@@H](n2cc(/C=C/C(=O)NCCCCCCCC(=O)OCCC3[C@H]4CCC#CCC[C@@H]34)c(=O)[nH]c2=O)CC1OC(=O)CCC(C)=O.[3H]C. The van der Waals surface area contributed by atoms with Crippen molar-refractivity contribution in [1.82, 2.24) is 14.9 Å². The molecule has 1 aromatic rings. The van der Waals surface area contributed by atoms with Crippen LogP contribution in [-0.2, 0) is 33.4 Å². The van der Waals surface area contributed by atoms with E-state index in [9.17, 15) is 28.8 Å². The third kappa shape index (κ3) is 12.7. The first-order chi connectivity index (χ1) is 25.2. The summed E-state index contributed by atoms with van der Waals surface area (Å²) in [7, 11) is 1.25. The van der Waals surface area contributed by atoms with Crippen molar-refractivity contribution in [1.29, 1.82) is 1.43 Å². The van der Waals surface area contributed by atoms with Crippen molar-refractivity contribution in [2.45, 2.75) is 123 Å². The monoisotopic (exact) mass is 702 g/mol. The van der Waals surface area contributed by atoms with Gasteiger partial charge < -0.3 is 29.4 Å². The molecule has 0 aromatic carbocycles. The Labute approximate surface area is 296 Å². The number of aromatic amines is 1. The maximum atomic E-state index is 12.6. The summed E-state index contributed by atoms with van der Waals surface area (Å²) in [5, 5.41) is 7.20. The number of hydrogen-bond acceptors (Lipinski definition) is 10. The molecule has 1 amide bonds. The van der Waals surface area contributed by atoms with Gasteiger partial charge in [-0.05, 0) is 62.9 Å². The van der Waals surface area contributed by atoms with Gasteiger partial charge in [0.2, 0.25) is 7.34 Å². The molecule has 6 atom stereocenters. The topological polar surface area (TPSA) is 183 Å². The third-order valence-corrected chi connectivity index (χ3v) is 9.44. The Morgan fingerprint density at radius 1 is 1.10 bits per heavy atom. The Morgan fingerprint density at radius 3 is 2.54 bits per heavy atom. The fraction of sp³-hybridized carbons (Fsp3) is 0.676. The molecule has 1 saturated carbocycles. The van der Waals surface area contributed by atoms with Crippen molar-refractivity contribution in [2.24, 2.45) is 17.8 Å². The number of ether oxygens (including phenoxy) is 3. The minimum atomic E-state index is -0.945. The van der Waals surface area contributed by atoms with E-state index in [0.29, 0.717) is 25.5 Å². The minimum Gasteiger partial charge on any atom is -0.466 e. The number of ketones is 1. The molecule has 3 aliphatic rings. The van der Waals surface area contributed by atoms with Crippen molar-refractivity contribution < 1.29 is 39.9 Å². The van der Waals surface area contributed by atoms with Gasteiger partial charge in [-0.15, -0.1) is 11.8 Å². The number of aliphatic hydroxyl groups is 1. The molecule has 0 spiro atoms. The lowest BCUT2D eigenvalue weighted by atomic mass is 10.1. The van der Waals surface area contributed by atoms with Gasteiger partial charge in [-0.25, -0.2) is 4.79 Å². The first-order valence-electron chi connectivity index (χ1n) is 18.9. The summed E-state index contributed by atoms with van der Waals surface area (Å²) in [5.74, 6) is 7.34. The third-order valence-electron chi connectivity index (χ3n) is 9.44. The smallest absolute Gasteiger partial charge is 0.330 e. The van der Waals surface area contributed by atoms with Crippen molar-refractivity contribution in [3.8, 4) is 11.8 Å². The van der Waals surface area contributed by atoms with Crippen LogP contribution in [0.3, 0.4) is 0 Å². The van der Waals surface area contributed by atoms with E-state index in [0.717, 1.165) is 67.8 Å². The predicted octanol–water partition coefficient (Wildman–Crippen LogP) is 3.58. The van der Waals surface area contributed by atoms with Gasteiger partial charge in [0.1, 0.15) is 24.2 Å². The second-order valence-corrected chi connectivity index (χ2v) is 13.1. The number of fused-ring (bicyclic) bond motifs is 1. The average Bonchev–Trinajstić information content (AvgIpc) is 3.58. The molecule has 13 heteroatoms. The van der Waals surface area contributed by atoms with Gasteiger partial charge in [0.15, 0.2) is 0 Å². The van der Waals surface area contributed by atoms with Crippen LogP contribution >= 0.6 is 0 Å². The zero-order chi connectivity index (χ0) is 37.9. The van der Waals surface area contributed by atoms with E-state index in [2.05, 4.69) is 27.3 Å². The number of aliphatic hydroxyl groups excluding tert-OH is 1. The highest BCUT2D eigenvalue weighted by Crippen LogP contribution is 2.54. The molecule has 2 heterocycles. The lowest BCUT2D eigenvalue weighted by molar-refractivity contribution is -0.154. The van der Waals surface area contributed by atoms with E-state index in [1.54, 1.807) is 0 Å². The van der Waals surface area contributed by atoms with Gasteiger partial charge >= 0.3 is 17.6 Å². The Morgan fingerprint density at radius 2 is 1.82 bits per heavy atom. The lowest BCUT2D eigenvalue weighted by Gasteiger charge is -2.16. The fourth-order valence-corrected chi connectivity index (χ4v) is 6.69. The largest absolute Gasteiger partial charge is 0.466 e. The van der Waals surface area contributed by atoms with Crippen LogP contribution in [0.1, 0.15) is 117 Å². The standard InChI is InChI=1S/C36H49N3O10.CH4/c1-24(41)14-17-34(44)49-29-21-32(48-30(29)23-40)39-22-25(35(45)38-36(39)46)15-16-31(42)37-19-10-6-2-3-9-13-33(43)47-20-18-28-26-11-7-4-5-8-12-27(26)28;/h15-16,22,26-30,32,40H,2-3,6-14,17-21,23H2,1H3,(H,37,42)(H,38,45,46);1H4/b16-15+;/t26-,27+,28?,29?,30-,32-;/m1./s1/i40D;1T. The number of carbonyl (C=O) groups excluding carboxylic acids is 4. The molecule has 50 heavy (non-hydrogen) atoms. The van der Waals surface area contributed by atoms with Crippen LogP contribution in [0.15, 0.2) is 21.9 Å². The average molecular weight is 703 g/mol. The highest BCUT2D eigenvalue weighted by molar-refractivity contribution is 5.91. The normalized spacial score (nSPS) is 24.1. The number of unbranched alkanes of at least 4 members (excludes halogenated alkanes) is 4. The van der Waals surface area contributed by atoms with Crippen LogP contribution in [0.2, 0.25) is 0 Å². The lowest BCUT2D eigenvalue weighted by Crippen LogP contribution is -2.33. The van der Waals surface area contributed by atoms with Crippen molar-refractivity contribution in [3.05, 3.63) is 38.7 Å². The van der Waals surface area contributed by atoms with Crippen molar-refractivity contribution in [2.75, 3.05) is 19.8 Å². The van der Waals surface area contributed by atoms with Gasteiger partial charge in [-0.1, -0.05) is 26.7 Å². The summed E-state index contributed by atoms with van der Waals surface area (Å²) < 4.78 is 30.6. The number of carbonyl (C=O) groups is 4. The molecule has 1 aliphatic heterocycles. The van der Waals surface area contributed by atoms with E-state index < -0.39 is 41.6 Å². The van der Waals surface area contributed by atoms with E-state index >= 15 is 0 Å². The summed E-state index contributed by atoms with van der Waals surface area (Å²) in [6, 6.07) is 0. The van der Waals surface area contributed by atoms with Gasteiger partial charge in [0.25, 0.3) is 5.56 Å². The van der Waals surface area contributed by atoms with Crippen molar-refractivity contribution in [3.63, 3.8) is 0 Å². The van der Waals surface area contributed by atoms with Crippen molar-refractivity contribution >= 4 is 29.7 Å². The number of amides is 1. The maximum absolute atomic E-state index is 12.6. The first-order valence-corrected chi connectivity index (χ1v) is 17.5. The Balaban J connectivity index is 0.00000358. The van der Waals surface area contributed by atoms with Crippen LogP contribution in [-0.4, -0.2) is 71.7 Å². The highest BCUT2D eigenvalue weighted by atomic mass is 16.6. The number of hydrogen-bond donors (Lipinski definition) is 3. The van der Waals surface area contributed by atoms with Crippen LogP contribution in [0.4, 0.5) is 0 Å². The minimum absolute atomic E-state index is 0.0237. The van der Waals surface area contributed by atoms with E-state index in [-0.39, 0.29) is 43.2 Å². The molecule has 2 unspecified atom stereocenters. The number of esters is 2. The number of rotatable bonds is 20. The number of Topliss-reactive ketones (excluding diaryl/α,β-unsaturated/α-hetero) is 1. The molecular weight excluding hydrogens is 646 g/mol. The van der Waals surface area contributed by atoms with Crippen LogP contribution in [0, 0.1) is 29.6 Å². The molecule has 276 valence electrons. The van der Waals surface area contributed by atoms with Gasteiger partial charge in [0, 0.05) is 52.3 Å². The summed E-state index contributed by atoms with van der Waals surface area (Å²) in [6.07, 6.45) is 11.0. The second-order valence-electron chi connectivity index (χ2n) is 13.1. The van der Waals surface area contributed by atoms with E-state index in [1.807, 2.05) is 0 Å². The summed E-state index contributed by atoms with van der Waals surface area (Å²) in [5.41, 5.74) is -1.43. The van der Waals surface area contributed by atoms with Crippen LogP contribution in [0.5, 0.6) is 0 Å². The van der Waals surface area contributed by atoms with Crippen LogP contribution in [0.25, 0.3) is 6.08 Å². The molecule has 13 nitrogen and oxygen atoms in total. The van der Waals surface area contributed by atoms with Gasteiger partial charge in [0.05, 0.1) is 25.2 Å². The molecular formula is C37H53N3O10. The molecule has 0 bridgehead atoms. The zero-order valence-corrected chi connectivity index (χ0v) is 29.2. The van der Waals surface area contributed by atoms with Crippen LogP contribution < -0.4 is 16.6 Å². The molecule has 2 aliphatic carbocycles. The first kappa shape index (κ1) is 37.2. The fourth-order valence-electron chi connectivity index (χ4n) is 6.69. The maximum Gasteiger partial charge on any atom is 0.330 e. The molecule has 0 radical (unpaired) electrons.